The number of aromatic nitrogens is 2. The van der Waals surface area contributed by atoms with Gasteiger partial charge in [-0.2, -0.15) is 0 Å². The number of carbonyl (C=O) groups excluding carboxylic acids is 4. The van der Waals surface area contributed by atoms with Crippen molar-refractivity contribution >= 4 is 23.8 Å². The molecule has 2 aromatic rings. The van der Waals surface area contributed by atoms with Gasteiger partial charge in [0.2, 0.25) is 17.7 Å². The van der Waals surface area contributed by atoms with Gasteiger partial charge in [0.25, 0.3) is 0 Å². The maximum atomic E-state index is 14.1. The van der Waals surface area contributed by atoms with Gasteiger partial charge in [0, 0.05) is 37.7 Å². The van der Waals surface area contributed by atoms with Crippen LogP contribution in [0.3, 0.4) is 0 Å². The van der Waals surface area contributed by atoms with Crippen LogP contribution in [0.1, 0.15) is 97.2 Å². The van der Waals surface area contributed by atoms with Gasteiger partial charge in [-0.1, -0.05) is 76.3 Å². The molecule has 0 saturated heterocycles. The normalized spacial score (nSPS) is 16.9. The van der Waals surface area contributed by atoms with E-state index in [-0.39, 0.29) is 31.1 Å². The summed E-state index contributed by atoms with van der Waals surface area (Å²) in [5.74, 6) is -1.01. The summed E-state index contributed by atoms with van der Waals surface area (Å²) in [4.78, 5) is 60.7. The van der Waals surface area contributed by atoms with Gasteiger partial charge in [-0.25, -0.2) is 9.78 Å². The molecule has 5 unspecified atom stereocenters. The first-order valence-corrected chi connectivity index (χ1v) is 17.7. The van der Waals surface area contributed by atoms with E-state index in [1.54, 1.807) is 34.0 Å². The predicted octanol–water partition coefficient (Wildman–Crippen LogP) is 4.19. The predicted molar refractivity (Wildman–Crippen MR) is 188 cm³/mol. The average molecular weight is 683 g/mol. The summed E-state index contributed by atoms with van der Waals surface area (Å²) in [6.07, 6.45) is 8.38. The molecule has 6 N–H and O–H groups in total. The molecular formula is C37H58N6O6. The van der Waals surface area contributed by atoms with Crippen LogP contribution in [-0.4, -0.2) is 75.8 Å². The van der Waals surface area contributed by atoms with E-state index in [1.807, 2.05) is 44.2 Å². The van der Waals surface area contributed by atoms with E-state index in [2.05, 4.69) is 31.2 Å². The second-order valence-corrected chi connectivity index (χ2v) is 14.8. The maximum Gasteiger partial charge on any atom is 0.408 e. The Morgan fingerprint density at radius 3 is 2.16 bits per heavy atom. The Balaban J connectivity index is 1.86. The number of aliphatic hydroxyl groups is 1. The molecule has 0 spiro atoms. The van der Waals surface area contributed by atoms with Crippen LogP contribution in [0.2, 0.25) is 0 Å². The summed E-state index contributed by atoms with van der Waals surface area (Å²) in [5.41, 5.74) is 0.665. The lowest BCUT2D eigenvalue weighted by molar-refractivity contribution is -0.131. The van der Waals surface area contributed by atoms with Crippen LogP contribution in [0.15, 0.2) is 42.9 Å². The molecule has 4 amide bonds. The van der Waals surface area contributed by atoms with Gasteiger partial charge < -0.3 is 36.1 Å². The number of aliphatic hydroxyl groups excluding tert-OH is 1. The largest absolute Gasteiger partial charge is 0.444 e. The number of H-pyrrole nitrogens is 1. The van der Waals surface area contributed by atoms with Crippen molar-refractivity contribution in [2.75, 3.05) is 7.05 Å². The Labute approximate surface area is 291 Å². The molecule has 12 heteroatoms. The van der Waals surface area contributed by atoms with E-state index in [0.29, 0.717) is 24.5 Å². The highest BCUT2D eigenvalue weighted by Crippen LogP contribution is 2.29. The molecule has 1 aliphatic rings. The first-order chi connectivity index (χ1) is 23.2. The third kappa shape index (κ3) is 14.2. The number of amides is 4. The Morgan fingerprint density at radius 2 is 1.57 bits per heavy atom. The van der Waals surface area contributed by atoms with Crippen LogP contribution >= 0.6 is 0 Å². The molecule has 49 heavy (non-hydrogen) atoms. The number of hydrogen-bond acceptors (Lipinski definition) is 7. The summed E-state index contributed by atoms with van der Waals surface area (Å²) < 4.78 is 5.45. The van der Waals surface area contributed by atoms with Crippen LogP contribution in [0.5, 0.6) is 0 Å². The number of rotatable bonds is 17. The number of benzene rings is 1. The molecular weight excluding hydrogens is 624 g/mol. The van der Waals surface area contributed by atoms with E-state index in [0.717, 1.165) is 31.2 Å². The Hall–Kier alpha value is -3.93. The Bertz CT molecular complexity index is 1310. The van der Waals surface area contributed by atoms with E-state index in [9.17, 15) is 24.3 Å². The fourth-order valence-corrected chi connectivity index (χ4v) is 6.52. The van der Waals surface area contributed by atoms with Gasteiger partial charge in [0.15, 0.2) is 0 Å². The van der Waals surface area contributed by atoms with Crippen LogP contribution in [0.4, 0.5) is 4.79 Å². The minimum atomic E-state index is -1.06. The third-order valence-electron chi connectivity index (χ3n) is 8.91. The molecule has 1 saturated carbocycles. The molecule has 0 aliphatic heterocycles. The van der Waals surface area contributed by atoms with Crippen LogP contribution in [0.25, 0.3) is 0 Å². The highest BCUT2D eigenvalue weighted by Gasteiger charge is 2.34. The molecule has 0 bridgehead atoms. The van der Waals surface area contributed by atoms with Gasteiger partial charge in [0.05, 0.1) is 18.5 Å². The van der Waals surface area contributed by atoms with E-state index >= 15 is 0 Å². The average Bonchev–Trinajstić information content (AvgIpc) is 3.56. The highest BCUT2D eigenvalue weighted by molar-refractivity contribution is 5.91. The third-order valence-corrected chi connectivity index (χ3v) is 8.91. The SMILES string of the molecule is CNC(=O)C(CC(C)C)CC(O)C(CC1CCCCC1)NC(=O)C(Cc1cnc[nH]1)NC(=O)C(Cc1ccccc1)NC(=O)OC(C)(C)C. The Morgan fingerprint density at radius 1 is 0.918 bits per heavy atom. The summed E-state index contributed by atoms with van der Waals surface area (Å²) in [5, 5.41) is 23.0. The fraction of sp³-hybridized carbons (Fsp3) is 0.649. The highest BCUT2D eigenvalue weighted by atomic mass is 16.6. The molecule has 5 atom stereocenters. The number of carbonyl (C=O) groups is 4. The van der Waals surface area contributed by atoms with Gasteiger partial charge in [-0.3, -0.25) is 14.4 Å². The lowest BCUT2D eigenvalue weighted by atomic mass is 9.81. The number of ether oxygens (including phenoxy) is 1. The lowest BCUT2D eigenvalue weighted by Gasteiger charge is -2.33. The first-order valence-electron chi connectivity index (χ1n) is 17.7. The standard InChI is InChI=1S/C37H58N6O6/c1-24(2)17-27(33(45)38-6)20-32(44)29(18-25-13-9-7-10-14-25)41-35(47)31(21-28-22-39-23-40-28)42-34(46)30(19-26-15-11-8-12-16-26)43-36(48)49-37(3,4)5/h8,11-12,15-16,22-25,27,29-32,44H,7,9-10,13-14,17-21H2,1-6H3,(H,38,45)(H,39,40)(H,41,47)(H,42,46)(H,43,48). The molecule has 0 radical (unpaired) electrons. The van der Waals surface area contributed by atoms with Crippen molar-refractivity contribution in [3.63, 3.8) is 0 Å². The Kier molecular flexibility index (Phi) is 15.6. The van der Waals surface area contributed by atoms with Crippen molar-refractivity contribution in [2.24, 2.45) is 17.8 Å². The van der Waals surface area contributed by atoms with Crippen molar-refractivity contribution in [1.82, 2.24) is 31.2 Å². The lowest BCUT2D eigenvalue weighted by Crippen LogP contribution is -2.58. The zero-order valence-corrected chi connectivity index (χ0v) is 30.1. The van der Waals surface area contributed by atoms with E-state index in [1.165, 1.54) is 12.7 Å². The molecule has 1 aromatic heterocycles. The van der Waals surface area contributed by atoms with Gasteiger partial charge in [0.1, 0.15) is 17.7 Å². The number of hydrogen-bond donors (Lipinski definition) is 6. The van der Waals surface area contributed by atoms with Crippen LogP contribution in [0, 0.1) is 17.8 Å². The van der Waals surface area contributed by atoms with Gasteiger partial charge in [-0.15, -0.1) is 0 Å². The number of aromatic amines is 1. The number of imidazole rings is 1. The summed E-state index contributed by atoms with van der Waals surface area (Å²) in [6, 6.07) is 6.54. The van der Waals surface area contributed by atoms with Crippen molar-refractivity contribution in [3.05, 3.63) is 54.1 Å². The summed E-state index contributed by atoms with van der Waals surface area (Å²) >= 11 is 0. The minimum Gasteiger partial charge on any atom is -0.444 e. The van der Waals surface area contributed by atoms with E-state index < -0.39 is 53.7 Å². The van der Waals surface area contributed by atoms with Crippen LogP contribution in [-0.2, 0) is 32.0 Å². The monoisotopic (exact) mass is 682 g/mol. The first kappa shape index (κ1) is 39.5. The molecule has 1 aromatic carbocycles. The van der Waals surface area contributed by atoms with Gasteiger partial charge in [-0.05, 0) is 57.4 Å². The van der Waals surface area contributed by atoms with Crippen molar-refractivity contribution in [3.8, 4) is 0 Å². The smallest absolute Gasteiger partial charge is 0.408 e. The molecule has 272 valence electrons. The van der Waals surface area contributed by atoms with E-state index in [4.69, 9.17) is 4.74 Å². The fourth-order valence-electron chi connectivity index (χ4n) is 6.52. The van der Waals surface area contributed by atoms with Crippen molar-refractivity contribution in [1.29, 1.82) is 0 Å². The maximum absolute atomic E-state index is 14.1. The quantitative estimate of drug-likeness (QED) is 0.145. The zero-order chi connectivity index (χ0) is 36.0. The minimum absolute atomic E-state index is 0.0997. The number of nitrogens with one attached hydrogen (secondary N) is 5. The zero-order valence-electron chi connectivity index (χ0n) is 30.1. The van der Waals surface area contributed by atoms with Crippen LogP contribution < -0.4 is 21.3 Å². The molecule has 1 aliphatic carbocycles. The molecule has 1 fully saturated rings. The molecule has 3 rings (SSSR count). The molecule has 12 nitrogen and oxygen atoms in total. The van der Waals surface area contributed by atoms with Crippen molar-refractivity contribution in [2.45, 2.75) is 129 Å². The van der Waals surface area contributed by atoms with Gasteiger partial charge >= 0.3 is 6.09 Å². The second kappa shape index (κ2) is 19.3. The number of alkyl carbamates (subject to hydrolysis) is 1. The molecule has 1 heterocycles. The van der Waals surface area contributed by atoms with Crippen molar-refractivity contribution < 1.29 is 29.0 Å². The topological polar surface area (TPSA) is 175 Å². The number of nitrogens with zero attached hydrogens (tertiary/aromatic N) is 1. The summed E-state index contributed by atoms with van der Waals surface area (Å²) in [7, 11) is 1.59. The summed E-state index contributed by atoms with van der Waals surface area (Å²) in [6.45, 7) is 9.29. The second-order valence-electron chi connectivity index (χ2n) is 14.8.